The van der Waals surface area contributed by atoms with Crippen LogP contribution in [0.3, 0.4) is 0 Å². The fraction of sp³-hybridized carbons (Fsp3) is 0.933. The fourth-order valence-corrected chi connectivity index (χ4v) is 3.67. The maximum atomic E-state index is 12.0. The lowest BCUT2D eigenvalue weighted by atomic mass is 9.77. The highest BCUT2D eigenvalue weighted by molar-refractivity contribution is 5.84. The van der Waals surface area contributed by atoms with Gasteiger partial charge in [-0.1, -0.05) is 6.92 Å². The molecule has 0 aromatic carbocycles. The van der Waals surface area contributed by atoms with E-state index >= 15 is 0 Å². The van der Waals surface area contributed by atoms with Gasteiger partial charge in [-0.2, -0.15) is 0 Å². The Bertz CT molecular complexity index is 337. The summed E-state index contributed by atoms with van der Waals surface area (Å²) in [4.78, 5) is 14.5. The fourth-order valence-electron chi connectivity index (χ4n) is 3.67. The number of primary amides is 1. The molecule has 1 aliphatic carbocycles. The maximum absolute atomic E-state index is 12.0. The molecule has 3 N–H and O–H groups in total. The van der Waals surface area contributed by atoms with Crippen molar-refractivity contribution in [3.63, 3.8) is 0 Å². The molecule has 116 valence electrons. The number of nitrogens with zero attached hydrogens (tertiary/aromatic N) is 1. The Morgan fingerprint density at radius 3 is 2.90 bits per heavy atom. The summed E-state index contributed by atoms with van der Waals surface area (Å²) in [5, 5.41) is 3.43. The van der Waals surface area contributed by atoms with Crippen LogP contribution < -0.4 is 11.1 Å². The zero-order valence-electron chi connectivity index (χ0n) is 12.9. The van der Waals surface area contributed by atoms with Crippen LogP contribution in [-0.2, 0) is 9.53 Å². The maximum Gasteiger partial charge on any atom is 0.237 e. The van der Waals surface area contributed by atoms with Gasteiger partial charge in [0.2, 0.25) is 5.91 Å². The molecule has 1 saturated heterocycles. The van der Waals surface area contributed by atoms with Gasteiger partial charge in [-0.25, -0.2) is 0 Å². The molecule has 3 atom stereocenters. The number of hydrogen-bond donors (Lipinski definition) is 2. The molecule has 1 saturated carbocycles. The molecule has 20 heavy (non-hydrogen) atoms. The lowest BCUT2D eigenvalue weighted by Gasteiger charge is -2.42. The topological polar surface area (TPSA) is 67.6 Å². The van der Waals surface area contributed by atoms with Crippen LogP contribution in [0.2, 0.25) is 0 Å². The molecule has 3 unspecified atom stereocenters. The Labute approximate surface area is 122 Å². The zero-order chi connectivity index (χ0) is 14.6. The Hall–Kier alpha value is -0.650. The number of carbonyl (C=O) groups is 1. The summed E-state index contributed by atoms with van der Waals surface area (Å²) in [6.07, 6.45) is 6.42. The summed E-state index contributed by atoms with van der Waals surface area (Å²) >= 11 is 0. The van der Waals surface area contributed by atoms with E-state index in [1.54, 1.807) is 7.11 Å². The molecule has 1 aliphatic heterocycles. The first kappa shape index (κ1) is 15.7. The number of hydrogen-bond acceptors (Lipinski definition) is 4. The van der Waals surface area contributed by atoms with E-state index in [0.29, 0.717) is 12.1 Å². The van der Waals surface area contributed by atoms with Crippen molar-refractivity contribution in [2.45, 2.75) is 63.1 Å². The SMILES string of the molecule is CCCNC1(C(N)=O)CCCC(N2CCC(OC)C2)C1. The third-order valence-electron chi connectivity index (χ3n) is 4.94. The van der Waals surface area contributed by atoms with Crippen LogP contribution in [0.4, 0.5) is 0 Å². The van der Waals surface area contributed by atoms with E-state index in [9.17, 15) is 4.79 Å². The number of methoxy groups -OCH3 is 1. The van der Waals surface area contributed by atoms with Crippen molar-refractivity contribution < 1.29 is 9.53 Å². The summed E-state index contributed by atoms with van der Waals surface area (Å²) in [6.45, 7) is 5.04. The Morgan fingerprint density at radius 2 is 2.30 bits per heavy atom. The smallest absolute Gasteiger partial charge is 0.237 e. The molecular formula is C15H29N3O2. The Balaban J connectivity index is 2.00. The van der Waals surface area contributed by atoms with Crippen molar-refractivity contribution in [3.05, 3.63) is 0 Å². The second-order valence-corrected chi connectivity index (χ2v) is 6.26. The van der Waals surface area contributed by atoms with E-state index in [4.69, 9.17) is 10.5 Å². The first-order valence-electron chi connectivity index (χ1n) is 7.93. The number of carbonyl (C=O) groups excluding carboxylic acids is 1. The molecule has 0 spiro atoms. The van der Waals surface area contributed by atoms with Crippen LogP contribution in [-0.4, -0.2) is 55.2 Å². The molecule has 0 bridgehead atoms. The third kappa shape index (κ3) is 3.32. The van der Waals surface area contributed by atoms with Crippen molar-refractivity contribution in [1.29, 1.82) is 0 Å². The zero-order valence-corrected chi connectivity index (χ0v) is 12.9. The molecule has 0 aromatic heterocycles. The van der Waals surface area contributed by atoms with E-state index in [2.05, 4.69) is 17.1 Å². The van der Waals surface area contributed by atoms with Crippen molar-refractivity contribution in [1.82, 2.24) is 10.2 Å². The molecule has 5 heteroatoms. The lowest BCUT2D eigenvalue weighted by molar-refractivity contribution is -0.126. The second kappa shape index (κ2) is 6.87. The monoisotopic (exact) mass is 283 g/mol. The van der Waals surface area contributed by atoms with E-state index in [1.165, 1.54) is 6.42 Å². The van der Waals surface area contributed by atoms with Gasteiger partial charge in [0.1, 0.15) is 0 Å². The Kier molecular flexibility index (Phi) is 5.41. The van der Waals surface area contributed by atoms with Crippen molar-refractivity contribution in [2.24, 2.45) is 5.73 Å². The molecule has 2 fully saturated rings. The first-order chi connectivity index (χ1) is 9.61. The molecule has 5 nitrogen and oxygen atoms in total. The van der Waals surface area contributed by atoms with Crippen LogP contribution in [0.15, 0.2) is 0 Å². The number of amides is 1. The van der Waals surface area contributed by atoms with Crippen LogP contribution >= 0.6 is 0 Å². The normalized spacial score (nSPS) is 35.3. The summed E-state index contributed by atoms with van der Waals surface area (Å²) < 4.78 is 5.45. The summed E-state index contributed by atoms with van der Waals surface area (Å²) in [6, 6.07) is 0.459. The van der Waals surface area contributed by atoms with E-state index in [-0.39, 0.29) is 5.91 Å². The van der Waals surface area contributed by atoms with Gasteiger partial charge in [0, 0.05) is 26.2 Å². The van der Waals surface area contributed by atoms with Gasteiger partial charge in [0.25, 0.3) is 0 Å². The van der Waals surface area contributed by atoms with Crippen molar-refractivity contribution in [3.8, 4) is 0 Å². The molecule has 1 heterocycles. The molecule has 0 aromatic rings. The average molecular weight is 283 g/mol. The highest BCUT2D eigenvalue weighted by Crippen LogP contribution is 2.33. The van der Waals surface area contributed by atoms with E-state index in [1.807, 2.05) is 0 Å². The lowest BCUT2D eigenvalue weighted by Crippen LogP contribution is -2.60. The highest BCUT2D eigenvalue weighted by atomic mass is 16.5. The van der Waals surface area contributed by atoms with Gasteiger partial charge in [0.15, 0.2) is 0 Å². The van der Waals surface area contributed by atoms with Crippen LogP contribution in [0, 0.1) is 0 Å². The van der Waals surface area contributed by atoms with Gasteiger partial charge >= 0.3 is 0 Å². The number of likely N-dealkylation sites (tertiary alicyclic amines) is 1. The molecular weight excluding hydrogens is 254 g/mol. The predicted molar refractivity (Wildman–Crippen MR) is 79.5 cm³/mol. The molecule has 1 amide bonds. The molecule has 2 aliphatic rings. The van der Waals surface area contributed by atoms with Crippen LogP contribution in [0.1, 0.15) is 45.4 Å². The van der Waals surface area contributed by atoms with Crippen LogP contribution in [0.25, 0.3) is 0 Å². The van der Waals surface area contributed by atoms with Crippen molar-refractivity contribution >= 4 is 5.91 Å². The summed E-state index contributed by atoms with van der Waals surface area (Å²) in [5.41, 5.74) is 5.22. The van der Waals surface area contributed by atoms with E-state index in [0.717, 1.165) is 51.7 Å². The highest BCUT2D eigenvalue weighted by Gasteiger charge is 2.43. The molecule has 2 rings (SSSR count). The third-order valence-corrected chi connectivity index (χ3v) is 4.94. The quantitative estimate of drug-likeness (QED) is 0.759. The minimum atomic E-state index is -0.496. The Morgan fingerprint density at radius 1 is 1.50 bits per heavy atom. The first-order valence-corrected chi connectivity index (χ1v) is 7.93. The van der Waals surface area contributed by atoms with Gasteiger partial charge < -0.3 is 15.8 Å². The minimum Gasteiger partial charge on any atom is -0.380 e. The largest absolute Gasteiger partial charge is 0.380 e. The number of rotatable bonds is 6. The summed E-state index contributed by atoms with van der Waals surface area (Å²) in [7, 11) is 1.78. The van der Waals surface area contributed by atoms with Gasteiger partial charge in [-0.3, -0.25) is 9.69 Å². The van der Waals surface area contributed by atoms with E-state index < -0.39 is 5.54 Å². The predicted octanol–water partition coefficient (Wildman–Crippen LogP) is 0.873. The molecule has 0 radical (unpaired) electrons. The summed E-state index contributed by atoms with van der Waals surface area (Å²) in [5.74, 6) is -0.182. The van der Waals surface area contributed by atoms with Gasteiger partial charge in [-0.15, -0.1) is 0 Å². The standard InChI is InChI=1S/C15H29N3O2/c1-3-8-17-15(14(16)19)7-4-5-12(10-15)18-9-6-13(11-18)20-2/h12-13,17H,3-11H2,1-2H3,(H2,16,19). The van der Waals surface area contributed by atoms with Crippen molar-refractivity contribution in [2.75, 3.05) is 26.7 Å². The van der Waals surface area contributed by atoms with Crippen LogP contribution in [0.5, 0.6) is 0 Å². The number of nitrogens with two attached hydrogens (primary N) is 1. The van der Waals surface area contributed by atoms with Gasteiger partial charge in [-0.05, 0) is 45.1 Å². The number of ether oxygens (including phenoxy) is 1. The van der Waals surface area contributed by atoms with Gasteiger partial charge in [0.05, 0.1) is 11.6 Å². The minimum absolute atomic E-state index is 0.182. The average Bonchev–Trinajstić information content (AvgIpc) is 2.94. The second-order valence-electron chi connectivity index (χ2n) is 6.26. The number of nitrogens with one attached hydrogen (secondary N) is 1.